The van der Waals surface area contributed by atoms with Crippen molar-refractivity contribution in [1.29, 1.82) is 0 Å². The lowest BCUT2D eigenvalue weighted by Crippen LogP contribution is -2.37. The molecule has 4 heterocycles. The first-order valence-corrected chi connectivity index (χ1v) is 7.71. The molecule has 0 aromatic carbocycles. The van der Waals surface area contributed by atoms with Crippen molar-refractivity contribution in [3.63, 3.8) is 0 Å². The lowest BCUT2D eigenvalue weighted by Gasteiger charge is -2.27. The molecule has 4 nitrogen and oxygen atoms in total. The van der Waals surface area contributed by atoms with E-state index in [0.717, 1.165) is 39.3 Å². The number of thiophene rings is 1. The topological polar surface area (TPSA) is 30.3 Å². The fourth-order valence-electron chi connectivity index (χ4n) is 3.08. The van der Waals surface area contributed by atoms with Gasteiger partial charge in [0.1, 0.15) is 0 Å². The Balaban J connectivity index is 1.52. The summed E-state index contributed by atoms with van der Waals surface area (Å²) in [5, 5.41) is 2.20. The maximum atomic E-state index is 5.40. The Morgan fingerprint density at radius 3 is 3.16 bits per heavy atom. The molecule has 19 heavy (non-hydrogen) atoms. The van der Waals surface area contributed by atoms with Crippen molar-refractivity contribution in [2.45, 2.75) is 12.5 Å². The van der Waals surface area contributed by atoms with Gasteiger partial charge in [0.15, 0.2) is 0 Å². The van der Waals surface area contributed by atoms with Crippen LogP contribution in [0.25, 0.3) is 11.3 Å². The normalized spacial score (nSPS) is 22.4. The number of imidazole rings is 1. The van der Waals surface area contributed by atoms with Crippen molar-refractivity contribution in [2.24, 2.45) is 0 Å². The molecule has 0 amide bonds. The van der Waals surface area contributed by atoms with Crippen LogP contribution in [-0.4, -0.2) is 47.3 Å². The average Bonchev–Trinajstić information content (AvgIpc) is 3.11. The smallest absolute Gasteiger partial charge is 0.0957 e. The molecule has 2 aliphatic rings. The number of morpholine rings is 1. The maximum Gasteiger partial charge on any atom is 0.0957 e. The van der Waals surface area contributed by atoms with E-state index >= 15 is 0 Å². The van der Waals surface area contributed by atoms with Crippen molar-refractivity contribution >= 4 is 11.3 Å². The second-order valence-corrected chi connectivity index (χ2v) is 6.09. The molecule has 0 bridgehead atoms. The van der Waals surface area contributed by atoms with Crippen molar-refractivity contribution < 1.29 is 4.74 Å². The average molecular weight is 275 g/mol. The standard InChI is InChI=1S/C14H17N3OS/c1(3-16-4-6-18-7-5-16)12-14-11(2-8-19-14)13-9-15-10-17(12)13/h2,8-10,12H,1,3-7H2. The quantitative estimate of drug-likeness (QED) is 0.860. The van der Waals surface area contributed by atoms with Crippen molar-refractivity contribution in [1.82, 2.24) is 14.5 Å². The van der Waals surface area contributed by atoms with Gasteiger partial charge in [-0.3, -0.25) is 4.90 Å². The predicted octanol–water partition coefficient (Wildman–Crippen LogP) is 2.24. The largest absolute Gasteiger partial charge is 0.379 e. The highest BCUT2D eigenvalue weighted by Gasteiger charge is 2.29. The first-order valence-electron chi connectivity index (χ1n) is 6.83. The van der Waals surface area contributed by atoms with E-state index in [4.69, 9.17) is 4.74 Å². The van der Waals surface area contributed by atoms with E-state index in [2.05, 4.69) is 25.9 Å². The van der Waals surface area contributed by atoms with Gasteiger partial charge in [-0.1, -0.05) is 0 Å². The molecule has 4 rings (SSSR count). The van der Waals surface area contributed by atoms with E-state index < -0.39 is 0 Å². The summed E-state index contributed by atoms with van der Waals surface area (Å²) in [6.45, 7) is 5.04. The summed E-state index contributed by atoms with van der Waals surface area (Å²) in [6.07, 6.45) is 5.13. The number of hydrogen-bond acceptors (Lipinski definition) is 4. The van der Waals surface area contributed by atoms with Gasteiger partial charge in [0.2, 0.25) is 0 Å². The van der Waals surface area contributed by atoms with E-state index in [1.807, 2.05) is 23.9 Å². The summed E-state index contributed by atoms with van der Waals surface area (Å²) in [4.78, 5) is 8.31. The lowest BCUT2D eigenvalue weighted by molar-refractivity contribution is 0.0363. The lowest BCUT2D eigenvalue weighted by atomic mass is 10.1. The van der Waals surface area contributed by atoms with Gasteiger partial charge in [0, 0.05) is 30.1 Å². The van der Waals surface area contributed by atoms with Gasteiger partial charge in [-0.15, -0.1) is 11.3 Å². The van der Waals surface area contributed by atoms with Gasteiger partial charge in [-0.25, -0.2) is 4.98 Å². The molecule has 0 saturated carbocycles. The molecule has 1 saturated heterocycles. The van der Waals surface area contributed by atoms with E-state index in [0.29, 0.717) is 6.04 Å². The van der Waals surface area contributed by atoms with Crippen LogP contribution >= 0.6 is 11.3 Å². The number of aromatic nitrogens is 2. The van der Waals surface area contributed by atoms with Gasteiger partial charge < -0.3 is 9.30 Å². The van der Waals surface area contributed by atoms with Crippen LogP contribution in [0, 0.1) is 0 Å². The third-order valence-electron chi connectivity index (χ3n) is 4.10. The zero-order valence-corrected chi connectivity index (χ0v) is 11.6. The number of ether oxygens (including phenoxy) is 1. The number of rotatable bonds is 3. The first kappa shape index (κ1) is 11.6. The van der Waals surface area contributed by atoms with Gasteiger partial charge in [-0.05, 0) is 17.9 Å². The van der Waals surface area contributed by atoms with Crippen LogP contribution in [0.5, 0.6) is 0 Å². The Morgan fingerprint density at radius 2 is 2.26 bits per heavy atom. The van der Waals surface area contributed by atoms with Crippen LogP contribution < -0.4 is 0 Å². The van der Waals surface area contributed by atoms with E-state index in [9.17, 15) is 0 Å². The molecule has 1 unspecified atom stereocenters. The number of fused-ring (bicyclic) bond motifs is 3. The molecule has 0 radical (unpaired) electrons. The molecular weight excluding hydrogens is 258 g/mol. The Kier molecular flexibility index (Phi) is 2.90. The summed E-state index contributed by atoms with van der Waals surface area (Å²) in [7, 11) is 0. The minimum atomic E-state index is 0.482. The predicted molar refractivity (Wildman–Crippen MR) is 75.6 cm³/mol. The molecule has 100 valence electrons. The van der Waals surface area contributed by atoms with Crippen LogP contribution in [0.2, 0.25) is 0 Å². The fraction of sp³-hybridized carbons (Fsp3) is 0.500. The van der Waals surface area contributed by atoms with Crippen LogP contribution in [0.4, 0.5) is 0 Å². The van der Waals surface area contributed by atoms with Gasteiger partial charge in [0.05, 0.1) is 37.5 Å². The van der Waals surface area contributed by atoms with Crippen molar-refractivity contribution in [2.75, 3.05) is 32.8 Å². The molecule has 0 spiro atoms. The van der Waals surface area contributed by atoms with Crippen LogP contribution in [0.1, 0.15) is 17.3 Å². The van der Waals surface area contributed by atoms with Gasteiger partial charge in [0.25, 0.3) is 0 Å². The van der Waals surface area contributed by atoms with Crippen LogP contribution in [0.3, 0.4) is 0 Å². The number of nitrogens with zero attached hydrogens (tertiary/aromatic N) is 3. The highest BCUT2D eigenvalue weighted by atomic mass is 32.1. The fourth-order valence-corrected chi connectivity index (χ4v) is 4.12. The highest BCUT2D eigenvalue weighted by molar-refractivity contribution is 7.10. The van der Waals surface area contributed by atoms with E-state index in [1.165, 1.54) is 16.1 Å². The Hall–Kier alpha value is -1.17. The van der Waals surface area contributed by atoms with Crippen LogP contribution in [0.15, 0.2) is 24.0 Å². The molecule has 0 N–H and O–H groups in total. The third kappa shape index (κ3) is 1.93. The minimum Gasteiger partial charge on any atom is -0.379 e. The maximum absolute atomic E-state index is 5.40. The summed E-state index contributed by atoms with van der Waals surface area (Å²) < 4.78 is 7.74. The zero-order chi connectivity index (χ0) is 12.7. The zero-order valence-electron chi connectivity index (χ0n) is 10.8. The summed E-state index contributed by atoms with van der Waals surface area (Å²) in [5.74, 6) is 0. The van der Waals surface area contributed by atoms with E-state index in [-0.39, 0.29) is 0 Å². The van der Waals surface area contributed by atoms with Crippen LogP contribution in [-0.2, 0) is 4.74 Å². The summed E-state index contributed by atoms with van der Waals surface area (Å²) in [5.41, 5.74) is 2.66. The molecular formula is C14H17N3OS. The van der Waals surface area contributed by atoms with Gasteiger partial charge in [-0.2, -0.15) is 0 Å². The Morgan fingerprint density at radius 1 is 1.37 bits per heavy atom. The second-order valence-electron chi connectivity index (χ2n) is 5.14. The molecule has 2 aromatic rings. The Labute approximate surface area is 116 Å². The monoisotopic (exact) mass is 275 g/mol. The molecule has 5 heteroatoms. The van der Waals surface area contributed by atoms with Crippen molar-refractivity contribution in [3.8, 4) is 11.3 Å². The van der Waals surface area contributed by atoms with E-state index in [1.54, 1.807) is 0 Å². The summed E-state index contributed by atoms with van der Waals surface area (Å²) >= 11 is 1.88. The molecule has 2 aromatic heterocycles. The number of hydrogen-bond donors (Lipinski definition) is 0. The molecule has 1 fully saturated rings. The Bertz CT molecular complexity index is 531. The highest BCUT2D eigenvalue weighted by Crippen LogP contribution is 2.43. The molecule has 1 atom stereocenters. The molecule has 2 aliphatic heterocycles. The van der Waals surface area contributed by atoms with Crippen molar-refractivity contribution in [3.05, 3.63) is 28.8 Å². The molecule has 0 aliphatic carbocycles. The second kappa shape index (κ2) is 4.74. The van der Waals surface area contributed by atoms with Gasteiger partial charge >= 0.3 is 0 Å². The first-order chi connectivity index (χ1) is 9.43. The summed E-state index contributed by atoms with van der Waals surface area (Å²) in [6, 6.07) is 2.71. The SMILES string of the molecule is c1cc2c(s1)C(CCN1CCOCC1)n1cncc1-2. The third-order valence-corrected chi connectivity index (χ3v) is 5.12. The minimum absolute atomic E-state index is 0.482.